The first-order valence-corrected chi connectivity index (χ1v) is 6.11. The normalized spacial score (nSPS) is 19.7. The van der Waals surface area contributed by atoms with Crippen LogP contribution in [0.4, 0.5) is 4.79 Å². The van der Waals surface area contributed by atoms with Crippen molar-refractivity contribution < 1.29 is 19.4 Å². The van der Waals surface area contributed by atoms with E-state index in [4.69, 9.17) is 9.84 Å². The molecule has 102 valence electrons. The summed E-state index contributed by atoms with van der Waals surface area (Å²) in [5.41, 5.74) is -0.399. The topological polar surface area (TPSA) is 66.8 Å². The van der Waals surface area contributed by atoms with Crippen LogP contribution in [0.2, 0.25) is 0 Å². The lowest BCUT2D eigenvalue weighted by Gasteiger charge is -2.28. The van der Waals surface area contributed by atoms with Crippen molar-refractivity contribution in [3.8, 4) is 0 Å². The molecule has 5 heteroatoms. The van der Waals surface area contributed by atoms with Crippen molar-refractivity contribution in [1.29, 1.82) is 0 Å². The van der Waals surface area contributed by atoms with Crippen LogP contribution >= 0.6 is 0 Å². The maximum Gasteiger partial charge on any atom is 0.410 e. The number of amides is 1. The number of carbonyl (C=O) groups excluding carboxylic acids is 1. The van der Waals surface area contributed by atoms with Crippen LogP contribution in [-0.4, -0.2) is 40.3 Å². The van der Waals surface area contributed by atoms with Gasteiger partial charge in [0.1, 0.15) is 5.60 Å². The summed E-state index contributed by atoms with van der Waals surface area (Å²) in [6, 6.07) is -0.108. The molecule has 18 heavy (non-hydrogen) atoms. The van der Waals surface area contributed by atoms with Gasteiger partial charge in [-0.15, -0.1) is 0 Å². The lowest BCUT2D eigenvalue weighted by atomic mass is 10.1. The largest absolute Gasteiger partial charge is 0.478 e. The molecule has 1 atom stereocenters. The summed E-state index contributed by atoms with van der Waals surface area (Å²) in [7, 11) is 0. The molecular weight excluding hydrogens is 234 g/mol. The average molecular weight is 255 g/mol. The molecule has 1 aliphatic rings. The van der Waals surface area contributed by atoms with E-state index in [1.165, 1.54) is 0 Å². The van der Waals surface area contributed by atoms with E-state index in [-0.39, 0.29) is 17.7 Å². The van der Waals surface area contributed by atoms with Gasteiger partial charge >= 0.3 is 12.1 Å². The number of carboxylic acids is 1. The summed E-state index contributed by atoms with van der Waals surface area (Å²) in [6.07, 6.45) is 1.60. The molecule has 0 saturated carbocycles. The minimum atomic E-state index is -1.01. The van der Waals surface area contributed by atoms with Crippen LogP contribution in [0, 0.1) is 0 Å². The number of aliphatic carboxylic acids is 1. The summed E-state index contributed by atoms with van der Waals surface area (Å²) < 4.78 is 5.30. The van der Waals surface area contributed by atoms with E-state index < -0.39 is 11.6 Å². The molecule has 0 radical (unpaired) electrons. The number of hydrogen-bond acceptors (Lipinski definition) is 3. The molecule has 0 aliphatic carbocycles. The van der Waals surface area contributed by atoms with Gasteiger partial charge in [-0.3, -0.25) is 0 Å². The van der Waals surface area contributed by atoms with Gasteiger partial charge in [-0.05, 0) is 40.0 Å². The maximum absolute atomic E-state index is 11.9. The molecule has 0 aromatic heterocycles. The Morgan fingerprint density at radius 2 is 2.06 bits per heavy atom. The molecule has 1 N–H and O–H groups in total. The standard InChI is InChI=1S/C13H21NO4/c1-9(11(15)16)8-10-6-5-7-14(10)12(17)18-13(2,3)4/h10H,1,5-8H2,2-4H3,(H,15,16)/t10-/m0/s1. The fourth-order valence-electron chi connectivity index (χ4n) is 1.98. The van der Waals surface area contributed by atoms with Crippen molar-refractivity contribution >= 4 is 12.1 Å². The number of ether oxygens (including phenoxy) is 1. The highest BCUT2D eigenvalue weighted by Gasteiger charge is 2.32. The Morgan fingerprint density at radius 3 is 2.56 bits per heavy atom. The van der Waals surface area contributed by atoms with E-state index in [0.717, 1.165) is 12.8 Å². The minimum Gasteiger partial charge on any atom is -0.478 e. The zero-order valence-corrected chi connectivity index (χ0v) is 11.2. The first kappa shape index (κ1) is 14.5. The van der Waals surface area contributed by atoms with Crippen molar-refractivity contribution in [1.82, 2.24) is 4.90 Å². The van der Waals surface area contributed by atoms with Gasteiger partial charge in [0, 0.05) is 18.2 Å². The Bertz CT molecular complexity index is 356. The average Bonchev–Trinajstić information content (AvgIpc) is 2.62. The van der Waals surface area contributed by atoms with E-state index in [1.54, 1.807) is 4.90 Å². The molecule has 0 aromatic rings. The summed E-state index contributed by atoms with van der Waals surface area (Å²) >= 11 is 0. The van der Waals surface area contributed by atoms with Gasteiger partial charge in [0.2, 0.25) is 0 Å². The molecule has 0 spiro atoms. The van der Waals surface area contributed by atoms with Gasteiger partial charge in [0.05, 0.1) is 0 Å². The SMILES string of the molecule is C=C(C[C@@H]1CCCN1C(=O)OC(C)(C)C)C(=O)O. The van der Waals surface area contributed by atoms with Crippen LogP contribution in [-0.2, 0) is 9.53 Å². The van der Waals surface area contributed by atoms with E-state index in [0.29, 0.717) is 13.0 Å². The zero-order chi connectivity index (χ0) is 13.9. The summed E-state index contributed by atoms with van der Waals surface area (Å²) in [5.74, 6) is -1.01. The van der Waals surface area contributed by atoms with Gasteiger partial charge < -0.3 is 14.7 Å². The molecule has 0 aromatic carbocycles. The first-order valence-electron chi connectivity index (χ1n) is 6.11. The van der Waals surface area contributed by atoms with Gasteiger partial charge in [-0.1, -0.05) is 6.58 Å². The number of rotatable bonds is 3. The molecule has 1 saturated heterocycles. The Labute approximate surface area is 107 Å². The zero-order valence-electron chi connectivity index (χ0n) is 11.2. The van der Waals surface area contributed by atoms with Crippen molar-refractivity contribution in [3.05, 3.63) is 12.2 Å². The molecule has 1 amide bonds. The number of carboxylic acid groups (broad SMARTS) is 1. The van der Waals surface area contributed by atoms with Gasteiger partial charge in [0.15, 0.2) is 0 Å². The predicted molar refractivity (Wildman–Crippen MR) is 67.4 cm³/mol. The third kappa shape index (κ3) is 4.05. The highest BCUT2D eigenvalue weighted by molar-refractivity contribution is 5.86. The Balaban J connectivity index is 2.62. The second-order valence-electron chi connectivity index (χ2n) is 5.58. The highest BCUT2D eigenvalue weighted by Crippen LogP contribution is 2.25. The molecule has 1 rings (SSSR count). The number of nitrogens with zero attached hydrogens (tertiary/aromatic N) is 1. The molecule has 1 heterocycles. The molecular formula is C13H21NO4. The van der Waals surface area contributed by atoms with Gasteiger partial charge in [-0.25, -0.2) is 9.59 Å². The van der Waals surface area contributed by atoms with Crippen molar-refractivity contribution in [2.24, 2.45) is 0 Å². The van der Waals surface area contributed by atoms with Gasteiger partial charge in [-0.2, -0.15) is 0 Å². The van der Waals surface area contributed by atoms with Crippen molar-refractivity contribution in [3.63, 3.8) is 0 Å². The number of likely N-dealkylation sites (tertiary alicyclic amines) is 1. The smallest absolute Gasteiger partial charge is 0.410 e. The second kappa shape index (κ2) is 5.42. The van der Waals surface area contributed by atoms with Crippen molar-refractivity contribution in [2.45, 2.75) is 51.7 Å². The second-order valence-corrected chi connectivity index (χ2v) is 5.58. The third-order valence-corrected chi connectivity index (χ3v) is 2.79. The fourth-order valence-corrected chi connectivity index (χ4v) is 1.98. The van der Waals surface area contributed by atoms with E-state index in [2.05, 4.69) is 6.58 Å². The van der Waals surface area contributed by atoms with Crippen molar-refractivity contribution in [2.75, 3.05) is 6.54 Å². The van der Waals surface area contributed by atoms with Crippen LogP contribution in [0.3, 0.4) is 0 Å². The fraction of sp³-hybridized carbons (Fsp3) is 0.692. The molecule has 5 nitrogen and oxygen atoms in total. The summed E-state index contributed by atoms with van der Waals surface area (Å²) in [4.78, 5) is 24.3. The Morgan fingerprint density at radius 1 is 1.44 bits per heavy atom. The number of carbonyl (C=O) groups is 2. The molecule has 0 unspecified atom stereocenters. The minimum absolute atomic E-state index is 0.108. The monoisotopic (exact) mass is 255 g/mol. The van der Waals surface area contributed by atoms with Crippen LogP contribution in [0.25, 0.3) is 0 Å². The lowest BCUT2D eigenvalue weighted by Crippen LogP contribution is -2.40. The van der Waals surface area contributed by atoms with E-state index in [9.17, 15) is 9.59 Å². The third-order valence-electron chi connectivity index (χ3n) is 2.79. The maximum atomic E-state index is 11.9. The molecule has 0 bridgehead atoms. The lowest BCUT2D eigenvalue weighted by molar-refractivity contribution is -0.132. The number of hydrogen-bond donors (Lipinski definition) is 1. The molecule has 1 aliphatic heterocycles. The van der Waals surface area contributed by atoms with Crippen LogP contribution in [0.15, 0.2) is 12.2 Å². The predicted octanol–water partition coefficient (Wildman–Crippen LogP) is 2.42. The van der Waals surface area contributed by atoms with Crippen LogP contribution < -0.4 is 0 Å². The van der Waals surface area contributed by atoms with Crippen LogP contribution in [0.1, 0.15) is 40.0 Å². The molecule has 1 fully saturated rings. The summed E-state index contributed by atoms with van der Waals surface area (Å²) in [5, 5.41) is 8.82. The quantitative estimate of drug-likeness (QED) is 0.786. The first-order chi connectivity index (χ1) is 8.20. The summed E-state index contributed by atoms with van der Waals surface area (Å²) in [6.45, 7) is 9.56. The highest BCUT2D eigenvalue weighted by atomic mass is 16.6. The van der Waals surface area contributed by atoms with E-state index >= 15 is 0 Å². The van der Waals surface area contributed by atoms with Crippen LogP contribution in [0.5, 0.6) is 0 Å². The van der Waals surface area contributed by atoms with Gasteiger partial charge in [0.25, 0.3) is 0 Å². The Hall–Kier alpha value is -1.52. The van der Waals surface area contributed by atoms with E-state index in [1.807, 2.05) is 20.8 Å². The Kier molecular flexibility index (Phi) is 4.38.